The number of aromatic nitrogens is 4. The molecule has 18 heavy (non-hydrogen) atoms. The molecule has 2 heterocycles. The summed E-state index contributed by atoms with van der Waals surface area (Å²) >= 11 is 4.89. The molecule has 0 fully saturated rings. The molecule has 0 bridgehead atoms. The molecule has 0 aliphatic heterocycles. The third kappa shape index (κ3) is 2.62. The van der Waals surface area contributed by atoms with Crippen molar-refractivity contribution < 1.29 is 4.74 Å². The van der Waals surface area contributed by atoms with Crippen molar-refractivity contribution in [2.24, 2.45) is 12.8 Å². The maximum absolute atomic E-state index is 5.56. The van der Waals surface area contributed by atoms with E-state index < -0.39 is 0 Å². The van der Waals surface area contributed by atoms with Crippen LogP contribution in [0.4, 0.5) is 0 Å². The lowest BCUT2D eigenvalue weighted by Gasteiger charge is -2.06. The molecule has 0 aromatic carbocycles. The summed E-state index contributed by atoms with van der Waals surface area (Å²) in [5, 5.41) is 4.17. The summed E-state index contributed by atoms with van der Waals surface area (Å²) in [5.41, 5.74) is 7.63. The third-order valence-corrected chi connectivity index (χ3v) is 2.45. The van der Waals surface area contributed by atoms with Gasteiger partial charge in [0.25, 0.3) is 0 Å². The summed E-state index contributed by atoms with van der Waals surface area (Å²) in [6, 6.07) is 3.72. The van der Waals surface area contributed by atoms with Gasteiger partial charge < -0.3 is 10.5 Å². The van der Waals surface area contributed by atoms with Crippen molar-refractivity contribution in [2.45, 2.75) is 13.8 Å². The molecule has 0 amide bonds. The second kappa shape index (κ2) is 4.69. The molecule has 0 aliphatic carbocycles. The van der Waals surface area contributed by atoms with Crippen molar-refractivity contribution >= 4 is 17.2 Å². The molecule has 2 aromatic heterocycles. The van der Waals surface area contributed by atoms with Crippen LogP contribution in [0.1, 0.15) is 17.1 Å². The van der Waals surface area contributed by atoms with Gasteiger partial charge in [-0.05, 0) is 19.9 Å². The van der Waals surface area contributed by atoms with Gasteiger partial charge in [0.15, 0.2) is 0 Å². The predicted molar refractivity (Wildman–Crippen MR) is 70.7 cm³/mol. The van der Waals surface area contributed by atoms with E-state index in [1.807, 2.05) is 13.8 Å². The van der Waals surface area contributed by atoms with Crippen molar-refractivity contribution in [1.82, 2.24) is 19.7 Å². The van der Waals surface area contributed by atoms with Crippen LogP contribution in [0.25, 0.3) is 0 Å². The minimum absolute atomic E-state index is 0.209. The Balaban J connectivity index is 2.34. The molecule has 0 spiro atoms. The van der Waals surface area contributed by atoms with Gasteiger partial charge in [-0.1, -0.05) is 12.2 Å². The monoisotopic (exact) mass is 263 g/mol. The maximum atomic E-state index is 5.56. The Morgan fingerprint density at radius 3 is 2.56 bits per heavy atom. The Kier molecular flexibility index (Phi) is 3.24. The Morgan fingerprint density at radius 1 is 1.28 bits per heavy atom. The minimum Gasteiger partial charge on any atom is -0.405 e. The standard InChI is InChI=1S/C11H13N5OS/c1-6-4-8(10(12)18)14-11(13-6)17-9-5-7(2)15-16(9)3/h4-5H,1-3H3,(H2,12,18). The van der Waals surface area contributed by atoms with Crippen LogP contribution in [0, 0.1) is 13.8 Å². The third-order valence-electron chi connectivity index (χ3n) is 2.24. The van der Waals surface area contributed by atoms with E-state index in [1.165, 1.54) is 0 Å². The summed E-state index contributed by atoms with van der Waals surface area (Å²) in [6.45, 7) is 3.70. The average Bonchev–Trinajstić information content (AvgIpc) is 2.56. The molecule has 0 aliphatic rings. The van der Waals surface area contributed by atoms with E-state index in [0.29, 0.717) is 11.6 Å². The number of aryl methyl sites for hydroxylation is 3. The second-order valence-electron chi connectivity index (χ2n) is 3.89. The van der Waals surface area contributed by atoms with E-state index in [9.17, 15) is 0 Å². The number of thiocarbonyl (C=S) groups is 1. The van der Waals surface area contributed by atoms with Gasteiger partial charge in [-0.25, -0.2) is 9.67 Å². The molecule has 94 valence electrons. The lowest BCUT2D eigenvalue weighted by molar-refractivity contribution is 0.397. The highest BCUT2D eigenvalue weighted by Gasteiger charge is 2.09. The van der Waals surface area contributed by atoms with Crippen molar-refractivity contribution in [3.63, 3.8) is 0 Å². The largest absolute Gasteiger partial charge is 0.405 e. The van der Waals surface area contributed by atoms with E-state index in [2.05, 4.69) is 15.1 Å². The molecule has 2 N–H and O–H groups in total. The predicted octanol–water partition coefficient (Wildman–Crippen LogP) is 1.25. The van der Waals surface area contributed by atoms with E-state index in [1.54, 1.807) is 23.9 Å². The van der Waals surface area contributed by atoms with Gasteiger partial charge in [0.1, 0.15) is 10.7 Å². The van der Waals surface area contributed by atoms with Gasteiger partial charge in [-0.15, -0.1) is 0 Å². The zero-order valence-electron chi connectivity index (χ0n) is 10.3. The van der Waals surface area contributed by atoms with E-state index in [0.717, 1.165) is 11.4 Å². The van der Waals surface area contributed by atoms with Crippen molar-refractivity contribution in [1.29, 1.82) is 0 Å². The van der Waals surface area contributed by atoms with E-state index >= 15 is 0 Å². The van der Waals surface area contributed by atoms with Crippen molar-refractivity contribution in [2.75, 3.05) is 0 Å². The second-order valence-corrected chi connectivity index (χ2v) is 4.33. The van der Waals surface area contributed by atoms with Gasteiger partial charge in [-0.3, -0.25) is 0 Å². The fourth-order valence-corrected chi connectivity index (χ4v) is 1.59. The van der Waals surface area contributed by atoms with Crippen LogP contribution in [-0.4, -0.2) is 24.7 Å². The number of rotatable bonds is 3. The zero-order chi connectivity index (χ0) is 13.3. The van der Waals surface area contributed by atoms with Crippen LogP contribution in [0.2, 0.25) is 0 Å². The summed E-state index contributed by atoms with van der Waals surface area (Å²) in [6.07, 6.45) is 0. The van der Waals surface area contributed by atoms with Crippen LogP contribution in [0.15, 0.2) is 12.1 Å². The van der Waals surface area contributed by atoms with Crippen LogP contribution in [0.5, 0.6) is 11.9 Å². The first kappa shape index (κ1) is 12.4. The summed E-state index contributed by atoms with van der Waals surface area (Å²) in [4.78, 5) is 8.52. The molecule has 0 saturated heterocycles. The molecule has 2 aromatic rings. The molecule has 6 nitrogen and oxygen atoms in total. The average molecular weight is 263 g/mol. The number of nitrogens with two attached hydrogens (primary N) is 1. The SMILES string of the molecule is Cc1cc(C(N)=S)nc(Oc2cc(C)nn2C)n1. The van der Waals surface area contributed by atoms with Gasteiger partial charge in [0.05, 0.1) is 5.69 Å². The first-order valence-electron chi connectivity index (χ1n) is 5.29. The highest BCUT2D eigenvalue weighted by atomic mass is 32.1. The first-order valence-corrected chi connectivity index (χ1v) is 5.70. The fraction of sp³-hybridized carbons (Fsp3) is 0.273. The van der Waals surface area contributed by atoms with Crippen molar-refractivity contribution in [3.8, 4) is 11.9 Å². The van der Waals surface area contributed by atoms with Gasteiger partial charge in [0, 0.05) is 18.8 Å². The van der Waals surface area contributed by atoms with Gasteiger partial charge >= 0.3 is 6.01 Å². The molecule has 0 saturated carbocycles. The topological polar surface area (TPSA) is 78.9 Å². The summed E-state index contributed by atoms with van der Waals surface area (Å²) in [5.74, 6) is 0.562. The van der Waals surface area contributed by atoms with E-state index in [4.69, 9.17) is 22.7 Å². The number of ether oxygens (including phenoxy) is 1. The maximum Gasteiger partial charge on any atom is 0.324 e. The lowest BCUT2D eigenvalue weighted by Crippen LogP contribution is -2.13. The highest BCUT2D eigenvalue weighted by Crippen LogP contribution is 2.18. The first-order chi connectivity index (χ1) is 8.45. The van der Waals surface area contributed by atoms with E-state index in [-0.39, 0.29) is 11.0 Å². The number of hydrogen-bond acceptors (Lipinski definition) is 5. The number of nitrogens with zero attached hydrogens (tertiary/aromatic N) is 4. The molecule has 7 heteroatoms. The molecular weight excluding hydrogens is 250 g/mol. The molecule has 0 unspecified atom stereocenters. The minimum atomic E-state index is 0.209. The quantitative estimate of drug-likeness (QED) is 0.840. The molecular formula is C11H13N5OS. The van der Waals surface area contributed by atoms with Crippen molar-refractivity contribution in [3.05, 3.63) is 29.2 Å². The summed E-state index contributed by atoms with van der Waals surface area (Å²) < 4.78 is 7.18. The van der Waals surface area contributed by atoms with Crippen LogP contribution in [-0.2, 0) is 7.05 Å². The molecule has 0 atom stereocenters. The number of hydrogen-bond donors (Lipinski definition) is 1. The fourth-order valence-electron chi connectivity index (χ4n) is 1.49. The van der Waals surface area contributed by atoms with Crippen LogP contribution < -0.4 is 10.5 Å². The Morgan fingerprint density at radius 2 is 2.00 bits per heavy atom. The smallest absolute Gasteiger partial charge is 0.324 e. The molecule has 2 rings (SSSR count). The highest BCUT2D eigenvalue weighted by molar-refractivity contribution is 7.80. The van der Waals surface area contributed by atoms with Crippen LogP contribution in [0.3, 0.4) is 0 Å². The lowest BCUT2D eigenvalue weighted by atomic mass is 10.3. The summed E-state index contributed by atoms with van der Waals surface area (Å²) in [7, 11) is 1.78. The molecule has 0 radical (unpaired) electrons. The Hall–Kier alpha value is -2.02. The van der Waals surface area contributed by atoms with Crippen LogP contribution >= 0.6 is 12.2 Å². The Bertz CT molecular complexity index is 607. The Labute approximate surface area is 110 Å². The zero-order valence-corrected chi connectivity index (χ0v) is 11.2. The van der Waals surface area contributed by atoms with Gasteiger partial charge in [-0.2, -0.15) is 10.1 Å². The van der Waals surface area contributed by atoms with Gasteiger partial charge in [0.2, 0.25) is 5.88 Å². The normalized spacial score (nSPS) is 10.4.